The van der Waals surface area contributed by atoms with Gasteiger partial charge >= 0.3 is 0 Å². The SMILES string of the molecule is Cc1cc(-c2cnc(C)nc2C2CCC(CNC(=O)[C@H](C)c3ccccc3)CC2)on1. The molecule has 0 spiro atoms. The van der Waals surface area contributed by atoms with Gasteiger partial charge in [0.2, 0.25) is 5.91 Å². The van der Waals surface area contributed by atoms with Crippen molar-refractivity contribution in [2.45, 2.75) is 58.3 Å². The molecule has 0 radical (unpaired) electrons. The minimum Gasteiger partial charge on any atom is -0.356 e. The van der Waals surface area contributed by atoms with Gasteiger partial charge in [-0.05, 0) is 57.9 Å². The number of amides is 1. The molecule has 2 aromatic heterocycles. The van der Waals surface area contributed by atoms with Crippen LogP contribution in [-0.4, -0.2) is 27.6 Å². The molecule has 3 aromatic rings. The molecule has 1 atom stereocenters. The second-order valence-electron chi connectivity index (χ2n) is 8.64. The van der Waals surface area contributed by atoms with Crippen molar-refractivity contribution in [1.82, 2.24) is 20.4 Å². The normalized spacial score (nSPS) is 19.7. The van der Waals surface area contributed by atoms with Crippen LogP contribution in [0.2, 0.25) is 0 Å². The maximum absolute atomic E-state index is 12.6. The molecule has 1 aromatic carbocycles. The third-order valence-corrected chi connectivity index (χ3v) is 6.32. The van der Waals surface area contributed by atoms with Crippen molar-refractivity contribution >= 4 is 5.91 Å². The van der Waals surface area contributed by atoms with Crippen LogP contribution in [0.25, 0.3) is 11.3 Å². The highest BCUT2D eigenvalue weighted by atomic mass is 16.5. The predicted molar refractivity (Wildman–Crippen MR) is 120 cm³/mol. The summed E-state index contributed by atoms with van der Waals surface area (Å²) in [6.07, 6.45) is 6.09. The maximum Gasteiger partial charge on any atom is 0.227 e. The van der Waals surface area contributed by atoms with Crippen LogP contribution in [0.4, 0.5) is 0 Å². The Kier molecular flexibility index (Phi) is 6.44. The fourth-order valence-corrected chi connectivity index (χ4v) is 4.41. The molecule has 0 aliphatic heterocycles. The van der Waals surface area contributed by atoms with Crippen LogP contribution >= 0.6 is 0 Å². The van der Waals surface area contributed by atoms with Gasteiger partial charge in [-0.2, -0.15) is 0 Å². The Morgan fingerprint density at radius 2 is 1.90 bits per heavy atom. The van der Waals surface area contributed by atoms with Crippen molar-refractivity contribution < 1.29 is 9.32 Å². The summed E-state index contributed by atoms with van der Waals surface area (Å²) in [5.74, 6) is 2.35. The molecule has 6 nitrogen and oxygen atoms in total. The first-order valence-corrected chi connectivity index (χ1v) is 11.1. The maximum atomic E-state index is 12.6. The molecule has 1 amide bonds. The zero-order chi connectivity index (χ0) is 21.8. The van der Waals surface area contributed by atoms with Crippen molar-refractivity contribution in [3.63, 3.8) is 0 Å². The second kappa shape index (κ2) is 9.41. The molecule has 1 aliphatic carbocycles. The average molecular weight is 419 g/mol. The molecule has 4 rings (SSSR count). The van der Waals surface area contributed by atoms with Crippen LogP contribution in [0, 0.1) is 19.8 Å². The number of benzene rings is 1. The number of hydrogen-bond acceptors (Lipinski definition) is 5. The Labute approximate surface area is 183 Å². The number of carbonyl (C=O) groups excluding carboxylic acids is 1. The molecule has 0 bridgehead atoms. The summed E-state index contributed by atoms with van der Waals surface area (Å²) in [6.45, 7) is 6.54. The molecule has 1 fully saturated rings. The zero-order valence-corrected chi connectivity index (χ0v) is 18.5. The lowest BCUT2D eigenvalue weighted by molar-refractivity contribution is -0.122. The highest BCUT2D eigenvalue weighted by Gasteiger charge is 2.27. The van der Waals surface area contributed by atoms with E-state index in [0.717, 1.165) is 66.3 Å². The first-order valence-electron chi connectivity index (χ1n) is 11.1. The number of carbonyl (C=O) groups is 1. The van der Waals surface area contributed by atoms with E-state index in [1.807, 2.05) is 63.4 Å². The molecule has 31 heavy (non-hydrogen) atoms. The van der Waals surface area contributed by atoms with Gasteiger partial charge in [-0.15, -0.1) is 0 Å². The third kappa shape index (κ3) is 5.01. The van der Waals surface area contributed by atoms with E-state index in [1.165, 1.54) is 0 Å². The molecule has 6 heteroatoms. The monoisotopic (exact) mass is 418 g/mol. The van der Waals surface area contributed by atoms with Crippen LogP contribution in [0.3, 0.4) is 0 Å². The van der Waals surface area contributed by atoms with Crippen LogP contribution in [0.1, 0.15) is 67.2 Å². The molecule has 2 heterocycles. The van der Waals surface area contributed by atoms with Crippen molar-refractivity contribution in [2.24, 2.45) is 5.92 Å². The smallest absolute Gasteiger partial charge is 0.227 e. The van der Waals surface area contributed by atoms with Gasteiger partial charge in [-0.1, -0.05) is 35.5 Å². The zero-order valence-electron chi connectivity index (χ0n) is 18.5. The Hall–Kier alpha value is -3.02. The summed E-state index contributed by atoms with van der Waals surface area (Å²) in [6, 6.07) is 11.9. The van der Waals surface area contributed by atoms with Crippen molar-refractivity contribution in [3.05, 3.63) is 65.4 Å². The molecular weight excluding hydrogens is 388 g/mol. The van der Waals surface area contributed by atoms with Crippen LogP contribution in [0.15, 0.2) is 47.1 Å². The Bertz CT molecular complexity index is 1020. The van der Waals surface area contributed by atoms with Crippen LogP contribution in [0.5, 0.6) is 0 Å². The van der Waals surface area contributed by atoms with Gasteiger partial charge in [0.25, 0.3) is 0 Å². The van der Waals surface area contributed by atoms with Gasteiger partial charge < -0.3 is 9.84 Å². The summed E-state index contributed by atoms with van der Waals surface area (Å²) in [7, 11) is 0. The minimum atomic E-state index is -0.130. The number of rotatable bonds is 6. The Morgan fingerprint density at radius 1 is 1.16 bits per heavy atom. The molecule has 162 valence electrons. The van der Waals surface area contributed by atoms with Gasteiger partial charge in [0.05, 0.1) is 22.9 Å². The van der Waals surface area contributed by atoms with E-state index in [4.69, 9.17) is 9.51 Å². The molecule has 1 saturated carbocycles. The topological polar surface area (TPSA) is 80.9 Å². The lowest BCUT2D eigenvalue weighted by Crippen LogP contribution is -2.33. The molecule has 1 N–H and O–H groups in total. The van der Waals surface area contributed by atoms with Crippen LogP contribution < -0.4 is 5.32 Å². The van der Waals surface area contributed by atoms with E-state index in [2.05, 4.69) is 15.5 Å². The largest absolute Gasteiger partial charge is 0.356 e. The number of nitrogens with zero attached hydrogens (tertiary/aromatic N) is 3. The average Bonchev–Trinajstić information content (AvgIpc) is 3.24. The molecule has 0 saturated heterocycles. The summed E-state index contributed by atoms with van der Waals surface area (Å²) < 4.78 is 5.49. The van der Waals surface area contributed by atoms with E-state index in [-0.39, 0.29) is 11.8 Å². The molecule has 0 unspecified atom stereocenters. The van der Waals surface area contributed by atoms with E-state index >= 15 is 0 Å². The number of nitrogens with one attached hydrogen (secondary N) is 1. The minimum absolute atomic E-state index is 0.0997. The van der Waals surface area contributed by atoms with Gasteiger partial charge in [0.15, 0.2) is 5.76 Å². The molecule has 1 aliphatic rings. The lowest BCUT2D eigenvalue weighted by atomic mass is 9.79. The quantitative estimate of drug-likeness (QED) is 0.613. The van der Waals surface area contributed by atoms with Crippen molar-refractivity contribution in [3.8, 4) is 11.3 Å². The van der Waals surface area contributed by atoms with Crippen LogP contribution in [-0.2, 0) is 4.79 Å². The first kappa shape index (κ1) is 21.2. The van der Waals surface area contributed by atoms with Gasteiger partial charge in [-0.3, -0.25) is 4.79 Å². The first-order chi connectivity index (χ1) is 15.0. The van der Waals surface area contributed by atoms with E-state index in [0.29, 0.717) is 11.8 Å². The van der Waals surface area contributed by atoms with Gasteiger partial charge in [-0.25, -0.2) is 9.97 Å². The van der Waals surface area contributed by atoms with Crippen molar-refractivity contribution in [1.29, 1.82) is 0 Å². The number of hydrogen-bond donors (Lipinski definition) is 1. The highest BCUT2D eigenvalue weighted by molar-refractivity contribution is 5.83. The fraction of sp³-hybridized carbons (Fsp3) is 0.440. The number of aromatic nitrogens is 3. The molecular formula is C25H30N4O2. The summed E-state index contributed by atoms with van der Waals surface area (Å²) >= 11 is 0. The van der Waals surface area contributed by atoms with Crippen molar-refractivity contribution in [2.75, 3.05) is 6.54 Å². The van der Waals surface area contributed by atoms with E-state index in [1.54, 1.807) is 0 Å². The summed E-state index contributed by atoms with van der Waals surface area (Å²) in [5.41, 5.74) is 3.91. The summed E-state index contributed by atoms with van der Waals surface area (Å²) in [5, 5.41) is 7.19. The van der Waals surface area contributed by atoms with Gasteiger partial charge in [0.1, 0.15) is 5.82 Å². The van der Waals surface area contributed by atoms with E-state index in [9.17, 15) is 4.79 Å². The summed E-state index contributed by atoms with van der Waals surface area (Å²) in [4.78, 5) is 21.7. The second-order valence-corrected chi connectivity index (χ2v) is 8.64. The third-order valence-electron chi connectivity index (χ3n) is 6.32. The standard InChI is InChI=1S/C25H30N4O2/c1-16-13-23(31-29-16)22-15-26-18(3)28-24(22)21-11-9-19(10-12-21)14-27-25(30)17(2)20-7-5-4-6-8-20/h4-8,13,15,17,19,21H,9-12,14H2,1-3H3,(H,27,30)/t17-,19?,21?/m1/s1. The number of aryl methyl sites for hydroxylation is 2. The predicted octanol–water partition coefficient (Wildman–Crippen LogP) is 4.94. The Morgan fingerprint density at radius 3 is 2.58 bits per heavy atom. The Balaban J connectivity index is 1.35. The van der Waals surface area contributed by atoms with E-state index < -0.39 is 0 Å². The highest BCUT2D eigenvalue weighted by Crippen LogP contribution is 2.39. The lowest BCUT2D eigenvalue weighted by Gasteiger charge is -2.29. The van der Waals surface area contributed by atoms with Gasteiger partial charge in [0, 0.05) is 24.7 Å². The fourth-order valence-electron chi connectivity index (χ4n) is 4.41.